The molecule has 2 N–H and O–H groups in total. The first-order chi connectivity index (χ1) is 8.79. The van der Waals surface area contributed by atoms with E-state index >= 15 is 0 Å². The smallest absolute Gasteiger partial charge is 0.119 e. The maximum Gasteiger partial charge on any atom is 0.119 e. The average molecular weight is 240 g/mol. The molecule has 0 bridgehead atoms. The van der Waals surface area contributed by atoms with Crippen LogP contribution in [0.15, 0.2) is 66.1 Å². The highest BCUT2D eigenvalue weighted by Crippen LogP contribution is 2.13. The van der Waals surface area contributed by atoms with Crippen molar-refractivity contribution in [2.45, 2.75) is 6.54 Å². The van der Waals surface area contributed by atoms with Crippen LogP contribution in [0.1, 0.15) is 5.56 Å². The molecule has 2 rings (SSSR count). The minimum Gasteiger partial charge on any atom is -0.497 e. The van der Waals surface area contributed by atoms with E-state index in [4.69, 9.17) is 10.1 Å². The van der Waals surface area contributed by atoms with Gasteiger partial charge in [0, 0.05) is 18.3 Å². The van der Waals surface area contributed by atoms with Gasteiger partial charge in [-0.15, -0.1) is 0 Å². The van der Waals surface area contributed by atoms with E-state index in [1.807, 2.05) is 30.5 Å². The molecule has 92 valence electrons. The summed E-state index contributed by atoms with van der Waals surface area (Å²) < 4.78 is 5.14. The molecule has 0 atom stereocenters. The second-order valence-electron chi connectivity index (χ2n) is 3.96. The second kappa shape index (κ2) is 5.87. The van der Waals surface area contributed by atoms with Gasteiger partial charge in [0.15, 0.2) is 0 Å². The lowest BCUT2D eigenvalue weighted by Gasteiger charge is -2.10. The first-order valence-electron chi connectivity index (χ1n) is 5.80. The van der Waals surface area contributed by atoms with E-state index in [1.165, 1.54) is 5.56 Å². The molecule has 18 heavy (non-hydrogen) atoms. The van der Waals surface area contributed by atoms with Crippen molar-refractivity contribution in [3.05, 3.63) is 71.7 Å². The lowest BCUT2D eigenvalue weighted by molar-refractivity contribution is 0.306. The van der Waals surface area contributed by atoms with Gasteiger partial charge in [-0.1, -0.05) is 30.3 Å². The third-order valence-corrected chi connectivity index (χ3v) is 2.67. The molecule has 0 unspecified atom stereocenters. The molecular formula is C15H16N2O. The Morgan fingerprint density at radius 2 is 2.00 bits per heavy atom. The van der Waals surface area contributed by atoms with Crippen LogP contribution in [0, 0.1) is 5.41 Å². The van der Waals surface area contributed by atoms with Gasteiger partial charge in [-0.05, 0) is 23.8 Å². The Kier molecular flexibility index (Phi) is 3.97. The summed E-state index contributed by atoms with van der Waals surface area (Å²) in [4.78, 5) is 0. The maximum absolute atomic E-state index is 7.80. The topological polar surface area (TPSA) is 45.1 Å². The second-order valence-corrected chi connectivity index (χ2v) is 3.96. The minimum absolute atomic E-state index is 0.483. The number of nitrogens with one attached hydrogen (secondary N) is 2. The summed E-state index contributed by atoms with van der Waals surface area (Å²) in [7, 11) is 1.63. The van der Waals surface area contributed by atoms with Crippen LogP contribution in [0.2, 0.25) is 0 Å². The number of hydrogen-bond acceptors (Lipinski definition) is 3. The maximum atomic E-state index is 7.80. The largest absolute Gasteiger partial charge is 0.497 e. The van der Waals surface area contributed by atoms with Crippen molar-refractivity contribution in [2.75, 3.05) is 7.11 Å². The van der Waals surface area contributed by atoms with E-state index in [0.717, 1.165) is 17.9 Å². The van der Waals surface area contributed by atoms with Crippen LogP contribution in [0.4, 0.5) is 0 Å². The van der Waals surface area contributed by atoms with Crippen molar-refractivity contribution in [1.29, 1.82) is 5.41 Å². The first-order valence-corrected chi connectivity index (χ1v) is 5.80. The van der Waals surface area contributed by atoms with Crippen LogP contribution in [-0.2, 0) is 11.3 Å². The van der Waals surface area contributed by atoms with E-state index in [1.54, 1.807) is 19.3 Å². The normalized spacial score (nSPS) is 16.6. The summed E-state index contributed by atoms with van der Waals surface area (Å²) in [6.45, 7) is 0.748. The van der Waals surface area contributed by atoms with Crippen LogP contribution in [0.3, 0.4) is 0 Å². The average Bonchev–Trinajstić information content (AvgIpc) is 2.42. The molecule has 0 aromatic heterocycles. The Balaban J connectivity index is 1.99. The van der Waals surface area contributed by atoms with Gasteiger partial charge in [0.2, 0.25) is 0 Å². The summed E-state index contributed by atoms with van der Waals surface area (Å²) in [5, 5.41) is 11.0. The van der Waals surface area contributed by atoms with Crippen LogP contribution < -0.4 is 5.32 Å². The van der Waals surface area contributed by atoms with Gasteiger partial charge in [0.25, 0.3) is 0 Å². The highest BCUT2D eigenvalue weighted by molar-refractivity contribution is 6.09. The van der Waals surface area contributed by atoms with E-state index < -0.39 is 0 Å². The number of ether oxygens (including phenoxy) is 1. The third-order valence-electron chi connectivity index (χ3n) is 2.67. The fourth-order valence-corrected chi connectivity index (χ4v) is 1.66. The molecule has 1 aromatic rings. The van der Waals surface area contributed by atoms with E-state index in [9.17, 15) is 0 Å². The van der Waals surface area contributed by atoms with Crippen molar-refractivity contribution in [2.24, 2.45) is 0 Å². The minimum atomic E-state index is 0.483. The molecule has 0 saturated heterocycles. The summed E-state index contributed by atoms with van der Waals surface area (Å²) in [6.07, 6.45) is 7.21. The molecule has 1 aliphatic carbocycles. The molecule has 0 radical (unpaired) electrons. The highest BCUT2D eigenvalue weighted by atomic mass is 16.5. The van der Waals surface area contributed by atoms with E-state index in [0.29, 0.717) is 5.71 Å². The molecule has 0 fully saturated rings. The van der Waals surface area contributed by atoms with Gasteiger partial charge in [-0.3, -0.25) is 0 Å². The highest BCUT2D eigenvalue weighted by Gasteiger charge is 2.06. The van der Waals surface area contributed by atoms with Gasteiger partial charge in [0.05, 0.1) is 12.8 Å². The van der Waals surface area contributed by atoms with Crippen LogP contribution in [-0.4, -0.2) is 12.8 Å². The predicted molar refractivity (Wildman–Crippen MR) is 73.3 cm³/mol. The van der Waals surface area contributed by atoms with Crippen molar-refractivity contribution < 1.29 is 4.74 Å². The van der Waals surface area contributed by atoms with Crippen molar-refractivity contribution in [3.8, 4) is 0 Å². The Morgan fingerprint density at radius 1 is 1.22 bits per heavy atom. The standard InChI is InChI=1S/C15H16N2O/c1-18-14-7-8-15(16)13(9-14)11-17-10-12-5-3-2-4-6-12/h2-9,11,16-17H,10H2,1H3/b13-11-,16-15?. The number of benzene rings is 1. The summed E-state index contributed by atoms with van der Waals surface area (Å²) in [5.41, 5.74) is 2.52. The summed E-state index contributed by atoms with van der Waals surface area (Å²) in [5.74, 6) is 0.763. The van der Waals surface area contributed by atoms with Crippen molar-refractivity contribution >= 4 is 5.71 Å². The molecule has 0 saturated carbocycles. The molecule has 3 heteroatoms. The van der Waals surface area contributed by atoms with E-state index in [2.05, 4.69) is 17.4 Å². The zero-order valence-electron chi connectivity index (χ0n) is 10.3. The molecule has 3 nitrogen and oxygen atoms in total. The van der Waals surface area contributed by atoms with Crippen LogP contribution in [0.25, 0.3) is 0 Å². The molecule has 0 amide bonds. The Bertz CT molecular complexity index is 513. The Labute approximate surface area is 107 Å². The lowest BCUT2D eigenvalue weighted by atomic mass is 10.1. The number of hydrogen-bond donors (Lipinski definition) is 2. The number of methoxy groups -OCH3 is 1. The molecule has 1 aromatic carbocycles. The molecular weight excluding hydrogens is 224 g/mol. The lowest BCUT2D eigenvalue weighted by Crippen LogP contribution is -2.10. The predicted octanol–water partition coefficient (Wildman–Crippen LogP) is 2.78. The fraction of sp³-hybridized carbons (Fsp3) is 0.133. The van der Waals surface area contributed by atoms with Gasteiger partial charge in [-0.2, -0.15) is 0 Å². The quantitative estimate of drug-likeness (QED) is 0.850. The fourth-order valence-electron chi connectivity index (χ4n) is 1.66. The van der Waals surface area contributed by atoms with Crippen LogP contribution >= 0.6 is 0 Å². The van der Waals surface area contributed by atoms with Gasteiger partial charge in [-0.25, -0.2) is 0 Å². The summed E-state index contributed by atoms with van der Waals surface area (Å²) in [6, 6.07) is 10.1. The number of allylic oxidation sites excluding steroid dienone is 4. The Hall–Kier alpha value is -2.29. The zero-order valence-corrected chi connectivity index (χ0v) is 10.3. The van der Waals surface area contributed by atoms with Crippen molar-refractivity contribution in [1.82, 2.24) is 5.32 Å². The molecule has 1 aliphatic rings. The summed E-state index contributed by atoms with van der Waals surface area (Å²) >= 11 is 0. The third kappa shape index (κ3) is 3.10. The molecule has 0 heterocycles. The van der Waals surface area contributed by atoms with Gasteiger partial charge >= 0.3 is 0 Å². The zero-order chi connectivity index (χ0) is 12.8. The first kappa shape index (κ1) is 12.2. The SMILES string of the molecule is COC1=C/C(=C/NCc2ccccc2)C(=N)C=C1. The molecule has 0 aliphatic heterocycles. The van der Waals surface area contributed by atoms with Gasteiger partial charge in [0.1, 0.15) is 5.76 Å². The number of rotatable bonds is 4. The van der Waals surface area contributed by atoms with Gasteiger partial charge < -0.3 is 15.5 Å². The van der Waals surface area contributed by atoms with Crippen LogP contribution in [0.5, 0.6) is 0 Å². The Morgan fingerprint density at radius 3 is 2.72 bits per heavy atom. The monoisotopic (exact) mass is 240 g/mol. The van der Waals surface area contributed by atoms with E-state index in [-0.39, 0.29) is 0 Å². The molecule has 0 spiro atoms. The van der Waals surface area contributed by atoms with Crippen molar-refractivity contribution in [3.63, 3.8) is 0 Å².